The number of aryl methyl sites for hydroxylation is 1. The Balaban J connectivity index is 1.66. The van der Waals surface area contributed by atoms with Gasteiger partial charge in [0.1, 0.15) is 5.82 Å². The van der Waals surface area contributed by atoms with Gasteiger partial charge in [0.15, 0.2) is 0 Å². The van der Waals surface area contributed by atoms with Gasteiger partial charge < -0.3 is 5.32 Å². The summed E-state index contributed by atoms with van der Waals surface area (Å²) >= 11 is 1.43. The van der Waals surface area contributed by atoms with Crippen molar-refractivity contribution in [2.75, 3.05) is 11.6 Å². The maximum atomic E-state index is 13.6. The van der Waals surface area contributed by atoms with Gasteiger partial charge in [-0.1, -0.05) is 36.0 Å². The predicted molar refractivity (Wildman–Crippen MR) is 94.3 cm³/mol. The van der Waals surface area contributed by atoms with Crippen molar-refractivity contribution in [2.24, 2.45) is 0 Å². The number of benzene rings is 2. The van der Waals surface area contributed by atoms with Crippen LogP contribution in [-0.2, 0) is 11.2 Å². The van der Waals surface area contributed by atoms with Gasteiger partial charge in [-0.05, 0) is 52.9 Å². The summed E-state index contributed by atoms with van der Waals surface area (Å²) in [5.41, 5.74) is 1.92. The number of tetrazole rings is 1. The molecule has 128 valence electrons. The average Bonchev–Trinajstić information content (AvgIpc) is 3.10. The molecule has 25 heavy (non-hydrogen) atoms. The molecule has 1 heterocycles. The lowest BCUT2D eigenvalue weighted by atomic mass is 10.1. The van der Waals surface area contributed by atoms with Gasteiger partial charge in [-0.25, -0.2) is 4.39 Å². The lowest BCUT2D eigenvalue weighted by Gasteiger charge is -2.08. The van der Waals surface area contributed by atoms with Crippen molar-refractivity contribution >= 4 is 23.4 Å². The summed E-state index contributed by atoms with van der Waals surface area (Å²) < 4.78 is 15.2. The lowest BCUT2D eigenvalue weighted by Crippen LogP contribution is -2.13. The lowest BCUT2D eigenvalue weighted by molar-refractivity contribution is -0.116. The van der Waals surface area contributed by atoms with Gasteiger partial charge in [0.05, 0.1) is 5.69 Å². The Morgan fingerprint density at radius 1 is 1.24 bits per heavy atom. The number of carbonyl (C=O) groups is 1. The fourth-order valence-electron chi connectivity index (χ4n) is 2.36. The summed E-state index contributed by atoms with van der Waals surface area (Å²) in [7, 11) is 0. The van der Waals surface area contributed by atoms with E-state index in [4.69, 9.17) is 0 Å². The third-order valence-electron chi connectivity index (χ3n) is 3.58. The normalized spacial score (nSPS) is 10.6. The summed E-state index contributed by atoms with van der Waals surface area (Å²) in [6, 6.07) is 13.7. The van der Waals surface area contributed by atoms with Gasteiger partial charge >= 0.3 is 0 Å². The molecule has 0 spiro atoms. The second-order valence-electron chi connectivity index (χ2n) is 5.27. The first kappa shape index (κ1) is 17.1. The zero-order valence-electron chi connectivity index (χ0n) is 13.5. The van der Waals surface area contributed by atoms with E-state index in [-0.39, 0.29) is 18.1 Å². The van der Waals surface area contributed by atoms with E-state index in [1.54, 1.807) is 35.0 Å². The molecule has 0 fully saturated rings. The maximum Gasteiger partial charge on any atom is 0.224 e. The first-order chi connectivity index (χ1) is 12.2. The van der Waals surface area contributed by atoms with Crippen LogP contribution in [0, 0.1) is 5.82 Å². The van der Waals surface area contributed by atoms with Crippen molar-refractivity contribution in [3.63, 3.8) is 0 Å². The molecule has 0 atom stereocenters. The molecule has 0 saturated carbocycles. The van der Waals surface area contributed by atoms with E-state index < -0.39 is 0 Å². The molecule has 0 saturated heterocycles. The first-order valence-electron chi connectivity index (χ1n) is 7.63. The zero-order chi connectivity index (χ0) is 17.6. The molecule has 0 radical (unpaired) electrons. The van der Waals surface area contributed by atoms with Crippen molar-refractivity contribution in [2.45, 2.75) is 18.0 Å². The number of nitrogens with zero attached hydrogens (tertiary/aromatic N) is 4. The van der Waals surface area contributed by atoms with E-state index in [0.29, 0.717) is 22.8 Å². The molecular formula is C17H16FN5OS. The number of carbonyl (C=O) groups excluding carboxylic acids is 1. The Morgan fingerprint density at radius 3 is 2.88 bits per heavy atom. The van der Waals surface area contributed by atoms with E-state index in [2.05, 4.69) is 20.8 Å². The van der Waals surface area contributed by atoms with Gasteiger partial charge in [-0.3, -0.25) is 4.79 Å². The number of anilines is 1. The fourth-order valence-corrected chi connectivity index (χ4v) is 2.79. The van der Waals surface area contributed by atoms with E-state index in [1.165, 1.54) is 17.8 Å². The Bertz CT molecular complexity index is 883. The monoisotopic (exact) mass is 357 g/mol. The molecule has 1 amide bonds. The van der Waals surface area contributed by atoms with Gasteiger partial charge in [0.25, 0.3) is 0 Å². The summed E-state index contributed by atoms with van der Waals surface area (Å²) in [5.74, 6) is -0.470. The molecule has 0 aliphatic rings. The van der Waals surface area contributed by atoms with E-state index in [9.17, 15) is 9.18 Å². The number of nitrogens with one attached hydrogen (secondary N) is 1. The van der Waals surface area contributed by atoms with E-state index >= 15 is 0 Å². The highest BCUT2D eigenvalue weighted by Gasteiger charge is 2.09. The Labute approximate surface area is 148 Å². The molecule has 0 aliphatic carbocycles. The van der Waals surface area contributed by atoms with Crippen LogP contribution in [0.1, 0.15) is 12.0 Å². The minimum Gasteiger partial charge on any atom is -0.326 e. The molecular weight excluding hydrogens is 341 g/mol. The van der Waals surface area contributed by atoms with Crippen LogP contribution in [0.4, 0.5) is 10.1 Å². The number of hydrogen-bond acceptors (Lipinski definition) is 5. The molecule has 1 aromatic heterocycles. The van der Waals surface area contributed by atoms with Crippen molar-refractivity contribution in [1.29, 1.82) is 0 Å². The largest absolute Gasteiger partial charge is 0.326 e. The smallest absolute Gasteiger partial charge is 0.224 e. The highest BCUT2D eigenvalue weighted by Crippen LogP contribution is 2.19. The number of halogens is 1. The fraction of sp³-hybridized carbons (Fsp3) is 0.176. The topological polar surface area (TPSA) is 72.7 Å². The third kappa shape index (κ3) is 4.21. The van der Waals surface area contributed by atoms with Crippen molar-refractivity contribution in [3.05, 3.63) is 59.9 Å². The van der Waals surface area contributed by atoms with E-state index in [0.717, 1.165) is 5.69 Å². The van der Waals surface area contributed by atoms with Gasteiger partial charge in [0.2, 0.25) is 11.1 Å². The van der Waals surface area contributed by atoms with Gasteiger partial charge in [-0.2, -0.15) is 4.68 Å². The Morgan fingerprint density at radius 2 is 2.08 bits per heavy atom. The quantitative estimate of drug-likeness (QED) is 0.686. The van der Waals surface area contributed by atoms with Crippen molar-refractivity contribution in [1.82, 2.24) is 20.2 Å². The van der Waals surface area contributed by atoms with Crippen molar-refractivity contribution in [3.8, 4) is 5.69 Å². The number of hydrogen-bond donors (Lipinski definition) is 1. The Kier molecular flexibility index (Phi) is 5.39. The van der Waals surface area contributed by atoms with Crippen LogP contribution >= 0.6 is 11.8 Å². The van der Waals surface area contributed by atoms with Gasteiger partial charge in [0, 0.05) is 12.1 Å². The number of rotatable bonds is 6. The maximum absolute atomic E-state index is 13.6. The zero-order valence-corrected chi connectivity index (χ0v) is 14.3. The molecule has 2 aromatic carbocycles. The van der Waals surface area contributed by atoms with Crippen LogP contribution in [0.15, 0.2) is 53.7 Å². The molecule has 1 N–H and O–H groups in total. The summed E-state index contributed by atoms with van der Waals surface area (Å²) in [4.78, 5) is 12.1. The number of thioether (sulfide) groups is 1. The highest BCUT2D eigenvalue weighted by molar-refractivity contribution is 7.98. The van der Waals surface area contributed by atoms with Crippen LogP contribution in [0.25, 0.3) is 5.69 Å². The average molecular weight is 357 g/mol. The minimum absolute atomic E-state index is 0.179. The summed E-state index contributed by atoms with van der Waals surface area (Å²) in [6.07, 6.45) is 2.43. The standard InChI is InChI=1S/C17H16FN5OS/c1-25-17-20-21-22-23(17)14-7-4-6-13(11-14)19-16(24)10-9-12-5-2-3-8-15(12)18/h2-8,11H,9-10H2,1H3,(H,19,24). The number of amides is 1. The van der Waals surface area contributed by atoms with Crippen LogP contribution in [-0.4, -0.2) is 32.4 Å². The molecule has 0 bridgehead atoms. The molecule has 8 heteroatoms. The summed E-state index contributed by atoms with van der Waals surface area (Å²) in [5, 5.41) is 15.0. The van der Waals surface area contributed by atoms with Crippen molar-refractivity contribution < 1.29 is 9.18 Å². The summed E-state index contributed by atoms with van der Waals surface area (Å²) in [6.45, 7) is 0. The van der Waals surface area contributed by atoms with Crippen LogP contribution in [0.5, 0.6) is 0 Å². The molecule has 0 aliphatic heterocycles. The van der Waals surface area contributed by atoms with Crippen LogP contribution < -0.4 is 5.32 Å². The second kappa shape index (κ2) is 7.89. The Hall–Kier alpha value is -2.74. The molecule has 3 aromatic rings. The predicted octanol–water partition coefficient (Wildman–Crippen LogP) is 3.09. The van der Waals surface area contributed by atoms with Gasteiger partial charge in [-0.15, -0.1) is 5.10 Å². The molecule has 6 nitrogen and oxygen atoms in total. The first-order valence-corrected chi connectivity index (χ1v) is 8.86. The minimum atomic E-state index is -0.291. The molecule has 0 unspecified atom stereocenters. The van der Waals surface area contributed by atoms with E-state index in [1.807, 2.05) is 18.4 Å². The van der Waals surface area contributed by atoms with Crippen LogP contribution in [0.2, 0.25) is 0 Å². The second-order valence-corrected chi connectivity index (χ2v) is 6.04. The SMILES string of the molecule is CSc1nnnn1-c1cccc(NC(=O)CCc2ccccc2F)c1. The number of aromatic nitrogens is 4. The molecule has 3 rings (SSSR count). The highest BCUT2D eigenvalue weighted by atomic mass is 32.2. The van der Waals surface area contributed by atoms with Crippen LogP contribution in [0.3, 0.4) is 0 Å². The third-order valence-corrected chi connectivity index (χ3v) is 4.20.